The van der Waals surface area contributed by atoms with E-state index < -0.39 is 5.97 Å². The van der Waals surface area contributed by atoms with Gasteiger partial charge in [-0.15, -0.1) is 0 Å². The second-order valence-corrected chi connectivity index (χ2v) is 5.44. The summed E-state index contributed by atoms with van der Waals surface area (Å²) in [7, 11) is 1.39. The number of nitrogens with one attached hydrogen (secondary N) is 1. The van der Waals surface area contributed by atoms with E-state index >= 15 is 0 Å². The first kappa shape index (κ1) is 17.5. The average Bonchev–Trinajstić information content (AvgIpc) is 2.59. The summed E-state index contributed by atoms with van der Waals surface area (Å²) in [5.41, 5.74) is 1.81. The van der Waals surface area contributed by atoms with Crippen LogP contribution in [0.1, 0.15) is 46.0 Å². The van der Waals surface area contributed by atoms with Gasteiger partial charge in [-0.1, -0.05) is 31.5 Å². The van der Waals surface area contributed by atoms with Gasteiger partial charge in [-0.2, -0.15) is 0 Å². The van der Waals surface area contributed by atoms with Crippen molar-refractivity contribution in [2.45, 2.75) is 26.2 Å². The second kappa shape index (κ2) is 8.15. The lowest BCUT2D eigenvalue weighted by Gasteiger charge is -2.12. The third kappa shape index (κ3) is 4.13. The minimum Gasteiger partial charge on any atom is -0.496 e. The largest absolute Gasteiger partial charge is 0.496 e. The highest BCUT2D eigenvalue weighted by atomic mass is 16.5. The van der Waals surface area contributed by atoms with Crippen LogP contribution < -0.4 is 10.1 Å². The molecule has 0 spiro atoms. The molecule has 0 unspecified atom stereocenters. The number of anilines is 1. The molecule has 0 saturated heterocycles. The van der Waals surface area contributed by atoms with Gasteiger partial charge in [0.15, 0.2) is 0 Å². The standard InChI is InChI=1S/C19H21NO4/c1-3-4-6-13-9-11-14(12-10-13)18(21)20-15-7-5-8-16(24-2)17(15)19(22)23/h5,7-12H,3-4,6H2,1-2H3,(H,20,21)(H,22,23). The number of carbonyl (C=O) groups is 2. The fourth-order valence-electron chi connectivity index (χ4n) is 2.42. The summed E-state index contributed by atoms with van der Waals surface area (Å²) in [6.07, 6.45) is 3.21. The molecule has 0 aliphatic carbocycles. The maximum absolute atomic E-state index is 12.4. The van der Waals surface area contributed by atoms with Gasteiger partial charge in [0, 0.05) is 5.56 Å². The summed E-state index contributed by atoms with van der Waals surface area (Å²) in [4.78, 5) is 23.8. The van der Waals surface area contributed by atoms with Crippen LogP contribution in [0, 0.1) is 0 Å². The SMILES string of the molecule is CCCCc1ccc(C(=O)Nc2cccc(OC)c2C(=O)O)cc1. The average molecular weight is 327 g/mol. The highest BCUT2D eigenvalue weighted by molar-refractivity contribution is 6.08. The van der Waals surface area contributed by atoms with Crippen LogP contribution in [-0.4, -0.2) is 24.1 Å². The predicted molar refractivity (Wildman–Crippen MR) is 93.0 cm³/mol. The van der Waals surface area contributed by atoms with Crippen molar-refractivity contribution in [1.82, 2.24) is 0 Å². The molecule has 5 nitrogen and oxygen atoms in total. The van der Waals surface area contributed by atoms with E-state index in [0.717, 1.165) is 19.3 Å². The van der Waals surface area contributed by atoms with E-state index in [-0.39, 0.29) is 22.9 Å². The van der Waals surface area contributed by atoms with Crippen molar-refractivity contribution in [3.05, 3.63) is 59.2 Å². The molecule has 0 bridgehead atoms. The monoisotopic (exact) mass is 327 g/mol. The Kier molecular flexibility index (Phi) is 5.95. The quantitative estimate of drug-likeness (QED) is 0.806. The highest BCUT2D eigenvalue weighted by Crippen LogP contribution is 2.26. The number of ether oxygens (including phenoxy) is 1. The van der Waals surface area contributed by atoms with Gasteiger partial charge in [0.25, 0.3) is 5.91 Å². The van der Waals surface area contributed by atoms with Crippen LogP contribution in [0.5, 0.6) is 5.75 Å². The Morgan fingerprint density at radius 2 is 1.83 bits per heavy atom. The van der Waals surface area contributed by atoms with Crippen LogP contribution in [0.25, 0.3) is 0 Å². The molecule has 5 heteroatoms. The lowest BCUT2D eigenvalue weighted by atomic mass is 10.1. The van der Waals surface area contributed by atoms with Crippen molar-refractivity contribution < 1.29 is 19.4 Å². The minimum atomic E-state index is -1.15. The van der Waals surface area contributed by atoms with Crippen LogP contribution in [-0.2, 0) is 6.42 Å². The molecular formula is C19H21NO4. The van der Waals surface area contributed by atoms with E-state index in [1.807, 2.05) is 12.1 Å². The van der Waals surface area contributed by atoms with E-state index in [2.05, 4.69) is 12.2 Å². The fraction of sp³-hybridized carbons (Fsp3) is 0.263. The molecule has 0 aliphatic rings. The number of hydrogen-bond donors (Lipinski definition) is 2. The number of methoxy groups -OCH3 is 1. The Morgan fingerprint density at radius 3 is 2.42 bits per heavy atom. The van der Waals surface area contributed by atoms with Crippen molar-refractivity contribution in [1.29, 1.82) is 0 Å². The number of amides is 1. The van der Waals surface area contributed by atoms with E-state index in [1.54, 1.807) is 30.3 Å². The molecule has 0 fully saturated rings. The van der Waals surface area contributed by atoms with E-state index in [0.29, 0.717) is 5.56 Å². The number of rotatable bonds is 7. The molecule has 0 atom stereocenters. The lowest BCUT2D eigenvalue weighted by Crippen LogP contribution is -2.15. The predicted octanol–water partition coefficient (Wildman–Crippen LogP) is 3.99. The number of unbranched alkanes of at least 4 members (excludes halogenated alkanes) is 1. The first-order valence-corrected chi connectivity index (χ1v) is 7.87. The molecular weight excluding hydrogens is 306 g/mol. The van der Waals surface area contributed by atoms with Gasteiger partial charge in [-0.25, -0.2) is 4.79 Å². The molecule has 1 amide bonds. The van der Waals surface area contributed by atoms with Crippen LogP contribution in [0.3, 0.4) is 0 Å². The molecule has 0 aliphatic heterocycles. The molecule has 24 heavy (non-hydrogen) atoms. The van der Waals surface area contributed by atoms with Crippen molar-refractivity contribution in [2.24, 2.45) is 0 Å². The molecule has 2 aromatic rings. The second-order valence-electron chi connectivity index (χ2n) is 5.44. The zero-order valence-electron chi connectivity index (χ0n) is 13.8. The Morgan fingerprint density at radius 1 is 1.12 bits per heavy atom. The highest BCUT2D eigenvalue weighted by Gasteiger charge is 2.18. The van der Waals surface area contributed by atoms with Gasteiger partial charge in [-0.3, -0.25) is 4.79 Å². The summed E-state index contributed by atoms with van der Waals surface area (Å²) in [5, 5.41) is 12.0. The van der Waals surface area contributed by atoms with Gasteiger partial charge >= 0.3 is 5.97 Å². The van der Waals surface area contributed by atoms with Crippen molar-refractivity contribution >= 4 is 17.6 Å². The summed E-state index contributed by atoms with van der Waals surface area (Å²) in [6.45, 7) is 2.13. The Labute approximate surface area is 141 Å². The number of aromatic carboxylic acids is 1. The third-order valence-electron chi connectivity index (χ3n) is 3.74. The number of aryl methyl sites for hydroxylation is 1. The molecule has 0 heterocycles. The Balaban J connectivity index is 2.19. The molecule has 0 saturated carbocycles. The molecule has 2 rings (SSSR count). The summed E-state index contributed by atoms with van der Waals surface area (Å²) in [5.74, 6) is -1.30. The zero-order valence-corrected chi connectivity index (χ0v) is 13.8. The van der Waals surface area contributed by atoms with Crippen LogP contribution >= 0.6 is 0 Å². The molecule has 0 radical (unpaired) electrons. The summed E-state index contributed by atoms with van der Waals surface area (Å²) < 4.78 is 5.06. The number of carboxylic acid groups (broad SMARTS) is 1. The van der Waals surface area contributed by atoms with Gasteiger partial charge in [-0.05, 0) is 42.7 Å². The van der Waals surface area contributed by atoms with E-state index in [4.69, 9.17) is 4.74 Å². The van der Waals surface area contributed by atoms with Crippen LogP contribution in [0.4, 0.5) is 5.69 Å². The first-order chi connectivity index (χ1) is 11.6. The summed E-state index contributed by atoms with van der Waals surface area (Å²) in [6, 6.07) is 12.1. The zero-order chi connectivity index (χ0) is 17.5. The van der Waals surface area contributed by atoms with E-state index in [1.165, 1.54) is 12.7 Å². The van der Waals surface area contributed by atoms with Crippen molar-refractivity contribution in [3.8, 4) is 5.75 Å². The van der Waals surface area contributed by atoms with Gasteiger partial charge in [0.1, 0.15) is 11.3 Å². The molecule has 126 valence electrons. The number of hydrogen-bond acceptors (Lipinski definition) is 3. The maximum atomic E-state index is 12.4. The van der Waals surface area contributed by atoms with Gasteiger partial charge < -0.3 is 15.2 Å². The van der Waals surface area contributed by atoms with Crippen LogP contribution in [0.15, 0.2) is 42.5 Å². The fourth-order valence-corrected chi connectivity index (χ4v) is 2.42. The normalized spacial score (nSPS) is 10.2. The smallest absolute Gasteiger partial charge is 0.341 e. The third-order valence-corrected chi connectivity index (χ3v) is 3.74. The number of carboxylic acids is 1. The first-order valence-electron chi connectivity index (χ1n) is 7.87. The van der Waals surface area contributed by atoms with Crippen molar-refractivity contribution in [2.75, 3.05) is 12.4 Å². The van der Waals surface area contributed by atoms with Gasteiger partial charge in [0.2, 0.25) is 0 Å². The van der Waals surface area contributed by atoms with Gasteiger partial charge in [0.05, 0.1) is 12.8 Å². The Bertz CT molecular complexity index is 723. The maximum Gasteiger partial charge on any atom is 0.341 e. The minimum absolute atomic E-state index is 0.0621. The summed E-state index contributed by atoms with van der Waals surface area (Å²) >= 11 is 0. The topological polar surface area (TPSA) is 75.6 Å². The number of carbonyl (C=O) groups excluding carboxylic acids is 1. The molecule has 2 aromatic carbocycles. The van der Waals surface area contributed by atoms with E-state index in [9.17, 15) is 14.7 Å². The molecule has 2 N–H and O–H groups in total. The molecule has 0 aromatic heterocycles. The number of benzene rings is 2. The Hall–Kier alpha value is -2.82. The lowest BCUT2D eigenvalue weighted by molar-refractivity contribution is 0.0694. The van der Waals surface area contributed by atoms with Crippen LogP contribution in [0.2, 0.25) is 0 Å². The van der Waals surface area contributed by atoms with Crippen molar-refractivity contribution in [3.63, 3.8) is 0 Å².